The van der Waals surface area contributed by atoms with Gasteiger partial charge >= 0.3 is 0 Å². The maximum atomic E-state index is 13.5. The summed E-state index contributed by atoms with van der Waals surface area (Å²) in [4.78, 5) is 28.2. The number of nitrogens with one attached hydrogen (secondary N) is 1. The monoisotopic (exact) mass is 524 g/mol. The minimum absolute atomic E-state index is 0.164. The highest BCUT2D eigenvalue weighted by atomic mass is 79.9. The molecule has 0 aliphatic carbocycles. The molecule has 0 bridgehead atoms. The molecule has 2 amide bonds. The van der Waals surface area contributed by atoms with Gasteiger partial charge in [-0.2, -0.15) is 0 Å². The number of ether oxygens (including phenoxy) is 1. The topological polar surface area (TPSA) is 58.6 Å². The molecule has 3 aromatic carbocycles. The lowest BCUT2D eigenvalue weighted by Crippen LogP contribution is -2.54. The highest BCUT2D eigenvalue weighted by Gasteiger charge is 2.31. The van der Waals surface area contributed by atoms with Crippen LogP contribution in [0, 0.1) is 6.92 Å². The molecule has 1 atom stereocenters. The van der Waals surface area contributed by atoms with Crippen LogP contribution in [0.1, 0.15) is 45.2 Å². The van der Waals surface area contributed by atoms with Crippen LogP contribution in [0.25, 0.3) is 10.8 Å². The first-order valence-electron chi connectivity index (χ1n) is 11.6. The van der Waals surface area contributed by atoms with Crippen molar-refractivity contribution in [3.8, 4) is 5.75 Å². The lowest BCUT2D eigenvalue weighted by Gasteiger charge is -2.33. The summed E-state index contributed by atoms with van der Waals surface area (Å²) in [6.45, 7) is 9.91. The van der Waals surface area contributed by atoms with Crippen LogP contribution < -0.4 is 10.1 Å². The van der Waals surface area contributed by atoms with Gasteiger partial charge in [-0.25, -0.2) is 0 Å². The van der Waals surface area contributed by atoms with E-state index in [-0.39, 0.29) is 18.4 Å². The van der Waals surface area contributed by atoms with Crippen LogP contribution in [-0.4, -0.2) is 34.9 Å². The van der Waals surface area contributed by atoms with Gasteiger partial charge < -0.3 is 15.0 Å². The van der Waals surface area contributed by atoms with E-state index in [0.29, 0.717) is 18.7 Å². The number of halogens is 1. The number of hydrogen-bond acceptors (Lipinski definition) is 3. The number of benzene rings is 3. The van der Waals surface area contributed by atoms with Crippen molar-refractivity contribution in [3.63, 3.8) is 0 Å². The fraction of sp³-hybridized carbons (Fsp3) is 0.357. The smallest absolute Gasteiger partial charge is 0.261 e. The zero-order chi connectivity index (χ0) is 24.9. The predicted octanol–water partition coefficient (Wildman–Crippen LogP) is 6.01. The Morgan fingerprint density at radius 1 is 1.06 bits per heavy atom. The molecule has 1 unspecified atom stereocenters. The molecule has 0 saturated carbocycles. The first-order chi connectivity index (χ1) is 16.1. The molecule has 0 heterocycles. The number of carbonyl (C=O) groups excluding carboxylic acids is 2. The van der Waals surface area contributed by atoms with E-state index in [2.05, 4.69) is 21.2 Å². The van der Waals surface area contributed by atoms with Crippen molar-refractivity contribution in [2.45, 2.75) is 59.2 Å². The minimum atomic E-state index is -0.601. The maximum Gasteiger partial charge on any atom is 0.261 e. The summed E-state index contributed by atoms with van der Waals surface area (Å²) >= 11 is 3.62. The van der Waals surface area contributed by atoms with Crippen molar-refractivity contribution in [2.24, 2.45) is 0 Å². The summed E-state index contributed by atoms with van der Waals surface area (Å²) in [7, 11) is 0. The van der Waals surface area contributed by atoms with Crippen LogP contribution in [0.4, 0.5) is 0 Å². The third-order valence-corrected chi connectivity index (χ3v) is 6.32. The number of amides is 2. The third-order valence-electron chi connectivity index (χ3n) is 5.50. The average molecular weight is 525 g/mol. The zero-order valence-corrected chi connectivity index (χ0v) is 22.1. The Hall–Kier alpha value is -2.86. The summed E-state index contributed by atoms with van der Waals surface area (Å²) in [5.41, 5.74) is 1.69. The Labute approximate surface area is 210 Å². The Kier molecular flexibility index (Phi) is 8.37. The molecule has 1 N–H and O–H groups in total. The van der Waals surface area contributed by atoms with Gasteiger partial charge in [-0.05, 0) is 72.4 Å². The van der Waals surface area contributed by atoms with E-state index in [1.54, 1.807) is 4.90 Å². The molecular formula is C28H33BrN2O3. The van der Waals surface area contributed by atoms with E-state index in [4.69, 9.17) is 4.74 Å². The largest absolute Gasteiger partial charge is 0.483 e. The number of carbonyl (C=O) groups is 2. The van der Waals surface area contributed by atoms with Crippen LogP contribution in [0.3, 0.4) is 0 Å². The molecule has 0 fully saturated rings. The highest BCUT2D eigenvalue weighted by Crippen LogP contribution is 2.33. The highest BCUT2D eigenvalue weighted by molar-refractivity contribution is 9.10. The number of nitrogens with zero attached hydrogens (tertiary/aromatic N) is 1. The molecule has 0 saturated heterocycles. The molecule has 3 rings (SSSR count). The fourth-order valence-corrected chi connectivity index (χ4v) is 4.53. The van der Waals surface area contributed by atoms with Crippen LogP contribution in [-0.2, 0) is 16.1 Å². The Morgan fingerprint density at radius 2 is 1.79 bits per heavy atom. The quantitative estimate of drug-likeness (QED) is 0.392. The van der Waals surface area contributed by atoms with Crippen molar-refractivity contribution in [3.05, 3.63) is 76.3 Å². The Morgan fingerprint density at radius 3 is 2.47 bits per heavy atom. The Bertz CT molecular complexity index is 1170. The van der Waals surface area contributed by atoms with Gasteiger partial charge in [-0.1, -0.05) is 67.1 Å². The standard InChI is InChI=1S/C28H33BrN2O3/c1-6-23(27(33)30-28(3,4)5)31(17-20-11-9-10-19(2)16-20)25(32)18-34-24-15-14-21-12-7-8-13-22(21)26(24)29/h7-16,23H,6,17-18H2,1-5H3,(H,30,33). The van der Waals surface area contributed by atoms with Gasteiger partial charge in [0.1, 0.15) is 11.8 Å². The minimum Gasteiger partial charge on any atom is -0.483 e. The predicted molar refractivity (Wildman–Crippen MR) is 141 cm³/mol. The van der Waals surface area contributed by atoms with E-state index in [1.165, 1.54) is 0 Å². The van der Waals surface area contributed by atoms with Gasteiger partial charge in [0.25, 0.3) is 5.91 Å². The second-order valence-electron chi connectivity index (χ2n) is 9.56. The first kappa shape index (κ1) is 25.8. The number of rotatable bonds is 8. The Balaban J connectivity index is 1.84. The normalized spacial score (nSPS) is 12.3. The lowest BCUT2D eigenvalue weighted by atomic mass is 10.1. The maximum absolute atomic E-state index is 13.5. The van der Waals surface area contributed by atoms with E-state index in [9.17, 15) is 9.59 Å². The van der Waals surface area contributed by atoms with Gasteiger partial charge in [-0.15, -0.1) is 0 Å². The molecule has 0 aliphatic rings. The number of hydrogen-bond donors (Lipinski definition) is 1. The molecule has 180 valence electrons. The molecule has 0 spiro atoms. The van der Waals surface area contributed by atoms with Crippen molar-refractivity contribution >= 4 is 38.5 Å². The molecule has 0 radical (unpaired) electrons. The van der Waals surface area contributed by atoms with E-state index in [1.807, 2.05) is 95.3 Å². The molecule has 0 aromatic heterocycles. The summed E-state index contributed by atoms with van der Waals surface area (Å²) in [5, 5.41) is 5.12. The number of aryl methyl sites for hydroxylation is 1. The lowest BCUT2D eigenvalue weighted by molar-refractivity contribution is -0.143. The molecule has 6 heteroatoms. The van der Waals surface area contributed by atoms with E-state index >= 15 is 0 Å². The summed E-state index contributed by atoms with van der Waals surface area (Å²) in [6.07, 6.45) is 0.499. The van der Waals surface area contributed by atoms with E-state index in [0.717, 1.165) is 26.4 Å². The summed E-state index contributed by atoms with van der Waals surface area (Å²) in [6, 6.07) is 19.2. The van der Waals surface area contributed by atoms with Gasteiger partial charge in [0.2, 0.25) is 5.91 Å². The van der Waals surface area contributed by atoms with Crippen molar-refractivity contribution < 1.29 is 14.3 Å². The SMILES string of the molecule is CCC(C(=O)NC(C)(C)C)N(Cc1cccc(C)c1)C(=O)COc1ccc2ccccc2c1Br. The van der Waals surface area contributed by atoms with Gasteiger partial charge in [0.05, 0.1) is 4.47 Å². The molecular weight excluding hydrogens is 492 g/mol. The number of fused-ring (bicyclic) bond motifs is 1. The first-order valence-corrected chi connectivity index (χ1v) is 12.4. The van der Waals surface area contributed by atoms with E-state index < -0.39 is 11.6 Å². The van der Waals surface area contributed by atoms with Crippen molar-refractivity contribution in [2.75, 3.05) is 6.61 Å². The van der Waals surface area contributed by atoms with Crippen LogP contribution in [0.2, 0.25) is 0 Å². The van der Waals surface area contributed by atoms with Crippen LogP contribution in [0.15, 0.2) is 65.1 Å². The summed E-state index contributed by atoms with van der Waals surface area (Å²) in [5.74, 6) is 0.190. The molecule has 34 heavy (non-hydrogen) atoms. The zero-order valence-electron chi connectivity index (χ0n) is 20.5. The van der Waals surface area contributed by atoms with Gasteiger partial charge in [0.15, 0.2) is 6.61 Å². The van der Waals surface area contributed by atoms with Crippen LogP contribution >= 0.6 is 15.9 Å². The molecule has 0 aliphatic heterocycles. The third kappa shape index (κ3) is 6.60. The summed E-state index contributed by atoms with van der Waals surface area (Å²) < 4.78 is 6.76. The fourth-order valence-electron chi connectivity index (χ4n) is 3.93. The average Bonchev–Trinajstić information content (AvgIpc) is 2.77. The van der Waals surface area contributed by atoms with Crippen molar-refractivity contribution in [1.82, 2.24) is 10.2 Å². The van der Waals surface area contributed by atoms with Crippen molar-refractivity contribution in [1.29, 1.82) is 0 Å². The second kappa shape index (κ2) is 11.0. The second-order valence-corrected chi connectivity index (χ2v) is 10.4. The van der Waals surface area contributed by atoms with Gasteiger partial charge in [0, 0.05) is 12.1 Å². The van der Waals surface area contributed by atoms with Gasteiger partial charge in [-0.3, -0.25) is 9.59 Å². The molecule has 3 aromatic rings. The van der Waals surface area contributed by atoms with Crippen LogP contribution in [0.5, 0.6) is 5.75 Å². The molecule has 5 nitrogen and oxygen atoms in total.